The lowest BCUT2D eigenvalue weighted by Gasteiger charge is -2.34. The van der Waals surface area contributed by atoms with Crippen LogP contribution in [0.1, 0.15) is 0 Å². The molecule has 3 rings (SSSR count). The molecule has 0 spiro atoms. The zero-order chi connectivity index (χ0) is 15.4. The molecule has 0 amide bonds. The summed E-state index contributed by atoms with van der Waals surface area (Å²) in [6, 6.07) is 12.0. The Balaban J connectivity index is 1.70. The quantitative estimate of drug-likeness (QED) is 0.919. The number of carboxylic acid groups (broad SMARTS) is 1. The van der Waals surface area contributed by atoms with Gasteiger partial charge in [-0.25, -0.2) is 9.97 Å². The number of anilines is 1. The highest BCUT2D eigenvalue weighted by Gasteiger charge is 2.19. The fourth-order valence-corrected chi connectivity index (χ4v) is 2.61. The molecule has 1 fully saturated rings. The van der Waals surface area contributed by atoms with Crippen LogP contribution in [-0.2, 0) is 4.79 Å². The Bertz CT molecular complexity index is 640. The van der Waals surface area contributed by atoms with E-state index in [0.717, 1.165) is 43.3 Å². The summed E-state index contributed by atoms with van der Waals surface area (Å²) < 4.78 is 0. The fraction of sp³-hybridized carbons (Fsp3) is 0.312. The number of aliphatic carboxylic acids is 1. The van der Waals surface area contributed by atoms with Crippen LogP contribution in [0.5, 0.6) is 0 Å². The summed E-state index contributed by atoms with van der Waals surface area (Å²) in [6.45, 7) is 3.12. The van der Waals surface area contributed by atoms with Crippen molar-refractivity contribution in [1.82, 2.24) is 14.9 Å². The third-order valence-corrected chi connectivity index (χ3v) is 3.78. The minimum atomic E-state index is -0.776. The zero-order valence-electron chi connectivity index (χ0n) is 12.2. The Kier molecular flexibility index (Phi) is 4.29. The zero-order valence-corrected chi connectivity index (χ0v) is 12.2. The normalized spacial score (nSPS) is 15.7. The summed E-state index contributed by atoms with van der Waals surface area (Å²) in [5, 5.41) is 8.84. The minimum Gasteiger partial charge on any atom is -0.480 e. The molecule has 0 bridgehead atoms. The first-order valence-corrected chi connectivity index (χ1v) is 7.29. The first-order chi connectivity index (χ1) is 10.7. The molecule has 1 N–H and O–H groups in total. The standard InChI is InChI=1S/C16H18N4O2/c21-16(22)11-19-6-8-20(9-7-19)15-10-14(17-12-18-15)13-4-2-1-3-5-13/h1-5,10,12H,6-9,11H2,(H,21,22). The molecule has 1 aromatic carbocycles. The molecule has 0 radical (unpaired) electrons. The fourth-order valence-electron chi connectivity index (χ4n) is 2.61. The molecular weight excluding hydrogens is 280 g/mol. The van der Waals surface area contributed by atoms with Crippen molar-refractivity contribution in [2.45, 2.75) is 0 Å². The van der Waals surface area contributed by atoms with Gasteiger partial charge in [0.25, 0.3) is 0 Å². The highest BCUT2D eigenvalue weighted by atomic mass is 16.4. The SMILES string of the molecule is O=C(O)CN1CCN(c2cc(-c3ccccc3)ncn2)CC1. The Labute approximate surface area is 129 Å². The number of nitrogens with zero attached hydrogens (tertiary/aromatic N) is 4. The molecule has 2 aromatic rings. The number of carbonyl (C=O) groups is 1. The summed E-state index contributed by atoms with van der Waals surface area (Å²) in [7, 11) is 0. The summed E-state index contributed by atoms with van der Waals surface area (Å²) in [5.74, 6) is 0.116. The van der Waals surface area contributed by atoms with Gasteiger partial charge in [0.15, 0.2) is 0 Å². The van der Waals surface area contributed by atoms with E-state index in [4.69, 9.17) is 5.11 Å². The van der Waals surface area contributed by atoms with Crippen LogP contribution < -0.4 is 4.90 Å². The molecular formula is C16H18N4O2. The van der Waals surface area contributed by atoms with Crippen LogP contribution in [-0.4, -0.2) is 58.7 Å². The first-order valence-electron chi connectivity index (χ1n) is 7.29. The van der Waals surface area contributed by atoms with Gasteiger partial charge in [0.1, 0.15) is 12.1 Å². The van der Waals surface area contributed by atoms with E-state index in [2.05, 4.69) is 14.9 Å². The van der Waals surface area contributed by atoms with Crippen LogP contribution in [0.4, 0.5) is 5.82 Å². The van der Waals surface area contributed by atoms with Crippen molar-refractivity contribution in [2.75, 3.05) is 37.6 Å². The van der Waals surface area contributed by atoms with Gasteiger partial charge in [-0.2, -0.15) is 0 Å². The van der Waals surface area contributed by atoms with Gasteiger partial charge in [-0.1, -0.05) is 30.3 Å². The number of hydrogen-bond donors (Lipinski definition) is 1. The second kappa shape index (κ2) is 6.53. The Morgan fingerprint density at radius 2 is 1.82 bits per heavy atom. The number of rotatable bonds is 4. The maximum absolute atomic E-state index is 10.7. The lowest BCUT2D eigenvalue weighted by molar-refractivity contribution is -0.138. The van der Waals surface area contributed by atoms with Gasteiger partial charge in [0, 0.05) is 37.8 Å². The van der Waals surface area contributed by atoms with E-state index >= 15 is 0 Å². The summed E-state index contributed by atoms with van der Waals surface area (Å²) in [5.41, 5.74) is 1.97. The van der Waals surface area contributed by atoms with Crippen molar-refractivity contribution in [3.8, 4) is 11.3 Å². The highest BCUT2D eigenvalue weighted by Crippen LogP contribution is 2.21. The second-order valence-electron chi connectivity index (χ2n) is 5.28. The molecule has 1 saturated heterocycles. The predicted octanol–water partition coefficient (Wildman–Crippen LogP) is 1.35. The molecule has 0 saturated carbocycles. The Hall–Kier alpha value is -2.47. The number of piperazine rings is 1. The molecule has 114 valence electrons. The van der Waals surface area contributed by atoms with Crippen molar-refractivity contribution >= 4 is 11.8 Å². The second-order valence-corrected chi connectivity index (χ2v) is 5.28. The van der Waals surface area contributed by atoms with Gasteiger partial charge in [-0.05, 0) is 0 Å². The maximum atomic E-state index is 10.7. The molecule has 0 unspecified atom stereocenters. The molecule has 6 nitrogen and oxygen atoms in total. The van der Waals surface area contributed by atoms with Crippen molar-refractivity contribution < 1.29 is 9.90 Å². The monoisotopic (exact) mass is 298 g/mol. The van der Waals surface area contributed by atoms with Gasteiger partial charge in [-0.15, -0.1) is 0 Å². The van der Waals surface area contributed by atoms with Gasteiger partial charge in [0.05, 0.1) is 12.2 Å². The molecule has 1 aromatic heterocycles. The molecule has 1 aliphatic rings. The third-order valence-electron chi connectivity index (χ3n) is 3.78. The summed E-state index contributed by atoms with van der Waals surface area (Å²) in [6.07, 6.45) is 1.58. The van der Waals surface area contributed by atoms with Crippen LogP contribution in [0.3, 0.4) is 0 Å². The van der Waals surface area contributed by atoms with Crippen LogP contribution in [0.15, 0.2) is 42.7 Å². The van der Waals surface area contributed by atoms with E-state index in [1.165, 1.54) is 0 Å². The lowest BCUT2D eigenvalue weighted by Crippen LogP contribution is -2.48. The molecule has 22 heavy (non-hydrogen) atoms. The molecule has 0 atom stereocenters. The van der Waals surface area contributed by atoms with Gasteiger partial charge in [-0.3, -0.25) is 9.69 Å². The summed E-state index contributed by atoms with van der Waals surface area (Å²) in [4.78, 5) is 23.5. The first kappa shape index (κ1) is 14.5. The Morgan fingerprint density at radius 3 is 2.50 bits per heavy atom. The largest absolute Gasteiger partial charge is 0.480 e. The van der Waals surface area contributed by atoms with Gasteiger partial charge >= 0.3 is 5.97 Å². The van der Waals surface area contributed by atoms with Crippen molar-refractivity contribution in [2.24, 2.45) is 0 Å². The smallest absolute Gasteiger partial charge is 0.317 e. The number of hydrogen-bond acceptors (Lipinski definition) is 5. The molecule has 2 heterocycles. The predicted molar refractivity (Wildman–Crippen MR) is 83.8 cm³/mol. The molecule has 6 heteroatoms. The molecule has 0 aliphatic carbocycles. The van der Waals surface area contributed by atoms with Crippen molar-refractivity contribution in [3.63, 3.8) is 0 Å². The number of carboxylic acids is 1. The molecule has 1 aliphatic heterocycles. The minimum absolute atomic E-state index is 0.104. The van der Waals surface area contributed by atoms with Gasteiger partial charge < -0.3 is 10.0 Å². The van der Waals surface area contributed by atoms with Crippen molar-refractivity contribution in [1.29, 1.82) is 0 Å². The van der Waals surface area contributed by atoms with Crippen molar-refractivity contribution in [3.05, 3.63) is 42.7 Å². The number of aromatic nitrogens is 2. The lowest BCUT2D eigenvalue weighted by atomic mass is 10.1. The topological polar surface area (TPSA) is 69.6 Å². The van der Waals surface area contributed by atoms with E-state index < -0.39 is 5.97 Å². The highest BCUT2D eigenvalue weighted by molar-refractivity contribution is 5.69. The van der Waals surface area contributed by atoms with Crippen LogP contribution in [0, 0.1) is 0 Å². The van der Waals surface area contributed by atoms with E-state index in [9.17, 15) is 4.79 Å². The van der Waals surface area contributed by atoms with Crippen LogP contribution in [0.2, 0.25) is 0 Å². The Morgan fingerprint density at radius 1 is 1.09 bits per heavy atom. The average molecular weight is 298 g/mol. The van der Waals surface area contributed by atoms with Gasteiger partial charge in [0.2, 0.25) is 0 Å². The van der Waals surface area contributed by atoms with E-state index in [0.29, 0.717) is 0 Å². The van der Waals surface area contributed by atoms with Crippen LogP contribution in [0.25, 0.3) is 11.3 Å². The van der Waals surface area contributed by atoms with Crippen LogP contribution >= 0.6 is 0 Å². The summed E-state index contributed by atoms with van der Waals surface area (Å²) >= 11 is 0. The van der Waals surface area contributed by atoms with E-state index in [1.54, 1.807) is 6.33 Å². The average Bonchev–Trinajstić information content (AvgIpc) is 2.56. The number of benzene rings is 1. The van der Waals surface area contributed by atoms with E-state index in [-0.39, 0.29) is 6.54 Å². The maximum Gasteiger partial charge on any atom is 0.317 e. The van der Waals surface area contributed by atoms with E-state index in [1.807, 2.05) is 41.3 Å². The third kappa shape index (κ3) is 3.40.